The summed E-state index contributed by atoms with van der Waals surface area (Å²) < 4.78 is 15.3. The van der Waals surface area contributed by atoms with Gasteiger partial charge in [-0.05, 0) is 24.3 Å². The lowest BCUT2D eigenvalue weighted by atomic mass is 10.1. The Hall–Kier alpha value is -1.20. The highest BCUT2D eigenvalue weighted by Gasteiger charge is 2.17. The highest BCUT2D eigenvalue weighted by atomic mass is 79.9. The molecule has 0 spiro atoms. The average Bonchev–Trinajstić information content (AvgIpc) is 2.67. The number of halogens is 2. The summed E-state index contributed by atoms with van der Waals surface area (Å²) in [7, 11) is 1.73. The summed E-state index contributed by atoms with van der Waals surface area (Å²) in [4.78, 5) is 0. The van der Waals surface area contributed by atoms with Crippen LogP contribution in [0, 0.1) is 5.82 Å². The molecule has 1 atom stereocenters. The highest BCUT2D eigenvalue weighted by Crippen LogP contribution is 2.28. The van der Waals surface area contributed by atoms with E-state index in [1.807, 2.05) is 0 Å². The van der Waals surface area contributed by atoms with Gasteiger partial charge >= 0.3 is 0 Å². The molecular formula is C11H10BrFN2O. The Morgan fingerprint density at radius 2 is 2.19 bits per heavy atom. The van der Waals surface area contributed by atoms with Gasteiger partial charge in [0.05, 0.1) is 5.69 Å². The third kappa shape index (κ3) is 2.01. The van der Waals surface area contributed by atoms with Crippen LogP contribution in [-0.4, -0.2) is 14.9 Å². The largest absolute Gasteiger partial charge is 0.382 e. The molecule has 0 saturated carbocycles. The molecule has 1 unspecified atom stereocenters. The molecule has 0 aliphatic rings. The van der Waals surface area contributed by atoms with E-state index in [4.69, 9.17) is 0 Å². The molecule has 0 aliphatic heterocycles. The van der Waals surface area contributed by atoms with E-state index in [2.05, 4.69) is 21.0 Å². The molecule has 16 heavy (non-hydrogen) atoms. The third-order valence-electron chi connectivity index (χ3n) is 2.39. The van der Waals surface area contributed by atoms with Gasteiger partial charge in [0.15, 0.2) is 0 Å². The second-order valence-electron chi connectivity index (χ2n) is 3.45. The van der Waals surface area contributed by atoms with Crippen LogP contribution in [0.4, 0.5) is 4.39 Å². The fourth-order valence-electron chi connectivity index (χ4n) is 1.54. The standard InChI is InChI=1S/C11H10BrFN2O/c1-15-10(4-5-14-15)11(16)8-6-7(13)2-3-9(8)12/h2-6,11,16H,1H3. The van der Waals surface area contributed by atoms with Crippen molar-refractivity contribution in [3.05, 3.63) is 52.0 Å². The van der Waals surface area contributed by atoms with Gasteiger partial charge in [-0.3, -0.25) is 4.68 Å². The zero-order chi connectivity index (χ0) is 11.7. The van der Waals surface area contributed by atoms with Crippen LogP contribution in [0.5, 0.6) is 0 Å². The number of hydrogen-bond donors (Lipinski definition) is 1. The zero-order valence-corrected chi connectivity index (χ0v) is 10.1. The Balaban J connectivity index is 2.45. The Labute approximate surface area is 101 Å². The summed E-state index contributed by atoms with van der Waals surface area (Å²) >= 11 is 3.28. The normalized spacial score (nSPS) is 12.8. The van der Waals surface area contributed by atoms with Crippen molar-refractivity contribution in [2.45, 2.75) is 6.10 Å². The van der Waals surface area contributed by atoms with Gasteiger partial charge in [0.1, 0.15) is 11.9 Å². The number of rotatable bonds is 2. The van der Waals surface area contributed by atoms with Gasteiger partial charge in [0.2, 0.25) is 0 Å². The lowest BCUT2D eigenvalue weighted by Gasteiger charge is -2.13. The molecule has 0 saturated heterocycles. The summed E-state index contributed by atoms with van der Waals surface area (Å²) in [5.74, 6) is -0.376. The summed E-state index contributed by atoms with van der Waals surface area (Å²) in [6.45, 7) is 0. The maximum Gasteiger partial charge on any atom is 0.123 e. The molecule has 2 rings (SSSR count). The van der Waals surface area contributed by atoms with Crippen molar-refractivity contribution >= 4 is 15.9 Å². The molecule has 0 bridgehead atoms. The number of benzene rings is 1. The molecular weight excluding hydrogens is 275 g/mol. The molecule has 1 aromatic carbocycles. The van der Waals surface area contributed by atoms with Gasteiger partial charge in [0.25, 0.3) is 0 Å². The second kappa shape index (κ2) is 4.35. The van der Waals surface area contributed by atoms with Crippen LogP contribution in [-0.2, 0) is 7.05 Å². The van der Waals surface area contributed by atoms with Crippen molar-refractivity contribution in [2.24, 2.45) is 7.05 Å². The number of aromatic nitrogens is 2. The molecule has 1 N–H and O–H groups in total. The summed E-state index contributed by atoms with van der Waals surface area (Å²) in [5.41, 5.74) is 1.11. The van der Waals surface area contributed by atoms with Crippen LogP contribution in [0.1, 0.15) is 17.4 Å². The van der Waals surface area contributed by atoms with Crippen LogP contribution in [0.3, 0.4) is 0 Å². The minimum Gasteiger partial charge on any atom is -0.382 e. The van der Waals surface area contributed by atoms with Crippen molar-refractivity contribution in [3.8, 4) is 0 Å². The van der Waals surface area contributed by atoms with E-state index in [1.54, 1.807) is 30.1 Å². The Morgan fingerprint density at radius 3 is 2.81 bits per heavy atom. The van der Waals surface area contributed by atoms with Gasteiger partial charge in [-0.1, -0.05) is 15.9 Å². The number of aliphatic hydroxyl groups is 1. The fourth-order valence-corrected chi connectivity index (χ4v) is 2.00. The molecule has 0 amide bonds. The Kier molecular flexibility index (Phi) is 3.07. The second-order valence-corrected chi connectivity index (χ2v) is 4.30. The predicted octanol–water partition coefficient (Wildman–Crippen LogP) is 2.40. The van der Waals surface area contributed by atoms with E-state index >= 15 is 0 Å². The van der Waals surface area contributed by atoms with Crippen LogP contribution in [0.2, 0.25) is 0 Å². The third-order valence-corrected chi connectivity index (χ3v) is 3.11. The average molecular weight is 285 g/mol. The first-order valence-corrected chi connectivity index (χ1v) is 5.50. The van der Waals surface area contributed by atoms with Crippen LogP contribution in [0.15, 0.2) is 34.9 Å². The maximum absolute atomic E-state index is 13.1. The number of aliphatic hydroxyl groups excluding tert-OH is 1. The van der Waals surface area contributed by atoms with Crippen molar-refractivity contribution < 1.29 is 9.50 Å². The number of hydrogen-bond acceptors (Lipinski definition) is 2. The van der Waals surface area contributed by atoms with E-state index in [0.29, 0.717) is 15.7 Å². The monoisotopic (exact) mass is 284 g/mol. The summed E-state index contributed by atoms with van der Waals surface area (Å²) in [5, 5.41) is 14.1. The smallest absolute Gasteiger partial charge is 0.123 e. The van der Waals surface area contributed by atoms with E-state index in [1.165, 1.54) is 12.1 Å². The van der Waals surface area contributed by atoms with Gasteiger partial charge in [0, 0.05) is 23.3 Å². The first-order chi connectivity index (χ1) is 7.59. The number of aryl methyl sites for hydroxylation is 1. The van der Waals surface area contributed by atoms with Crippen molar-refractivity contribution in [2.75, 3.05) is 0 Å². The molecule has 5 heteroatoms. The minimum atomic E-state index is -0.891. The predicted molar refractivity (Wildman–Crippen MR) is 61.4 cm³/mol. The van der Waals surface area contributed by atoms with Crippen LogP contribution in [0.25, 0.3) is 0 Å². The molecule has 3 nitrogen and oxygen atoms in total. The fraction of sp³-hybridized carbons (Fsp3) is 0.182. The van der Waals surface area contributed by atoms with Crippen LogP contribution < -0.4 is 0 Å². The van der Waals surface area contributed by atoms with Crippen LogP contribution >= 0.6 is 15.9 Å². The maximum atomic E-state index is 13.1. The molecule has 0 aliphatic carbocycles. The highest BCUT2D eigenvalue weighted by molar-refractivity contribution is 9.10. The summed E-state index contributed by atoms with van der Waals surface area (Å²) in [6.07, 6.45) is 0.698. The lowest BCUT2D eigenvalue weighted by Crippen LogP contribution is -2.07. The lowest BCUT2D eigenvalue weighted by molar-refractivity contribution is 0.208. The van der Waals surface area contributed by atoms with Crippen molar-refractivity contribution in [1.82, 2.24) is 9.78 Å². The SMILES string of the molecule is Cn1nccc1C(O)c1cc(F)ccc1Br. The first-order valence-electron chi connectivity index (χ1n) is 4.70. The number of nitrogens with zero attached hydrogens (tertiary/aromatic N) is 2. The van der Waals surface area contributed by atoms with Gasteiger partial charge in [-0.2, -0.15) is 5.10 Å². The Bertz CT molecular complexity index is 512. The molecule has 1 aromatic heterocycles. The zero-order valence-electron chi connectivity index (χ0n) is 8.56. The van der Waals surface area contributed by atoms with E-state index in [9.17, 15) is 9.50 Å². The van der Waals surface area contributed by atoms with E-state index in [0.717, 1.165) is 0 Å². The Morgan fingerprint density at radius 1 is 1.44 bits per heavy atom. The van der Waals surface area contributed by atoms with Gasteiger partial charge in [-0.15, -0.1) is 0 Å². The summed E-state index contributed by atoms with van der Waals surface area (Å²) in [6, 6.07) is 5.91. The molecule has 1 heterocycles. The molecule has 0 fully saturated rings. The van der Waals surface area contributed by atoms with Crippen molar-refractivity contribution in [3.63, 3.8) is 0 Å². The topological polar surface area (TPSA) is 38.0 Å². The van der Waals surface area contributed by atoms with Crippen molar-refractivity contribution in [1.29, 1.82) is 0 Å². The van der Waals surface area contributed by atoms with E-state index < -0.39 is 6.10 Å². The quantitative estimate of drug-likeness (QED) is 0.920. The molecule has 2 aromatic rings. The minimum absolute atomic E-state index is 0.376. The first kappa shape index (κ1) is 11.3. The van der Waals surface area contributed by atoms with E-state index in [-0.39, 0.29) is 5.82 Å². The van der Waals surface area contributed by atoms with Gasteiger partial charge in [-0.25, -0.2) is 4.39 Å². The molecule has 0 radical (unpaired) electrons. The molecule has 84 valence electrons. The van der Waals surface area contributed by atoms with Gasteiger partial charge < -0.3 is 5.11 Å².